The lowest BCUT2D eigenvalue weighted by molar-refractivity contribution is -0.384. The first-order valence-corrected chi connectivity index (χ1v) is 13.4. The molecule has 0 aliphatic carbocycles. The van der Waals surface area contributed by atoms with Crippen LogP contribution in [0.15, 0.2) is 97.1 Å². The summed E-state index contributed by atoms with van der Waals surface area (Å²) >= 11 is 0. The molecule has 2 amide bonds. The van der Waals surface area contributed by atoms with Crippen molar-refractivity contribution in [2.24, 2.45) is 5.92 Å². The maximum absolute atomic E-state index is 13.9. The fourth-order valence-corrected chi connectivity index (χ4v) is 5.35. The van der Waals surface area contributed by atoms with E-state index >= 15 is 0 Å². The lowest BCUT2D eigenvalue weighted by Gasteiger charge is -2.29. The third-order valence-electron chi connectivity index (χ3n) is 7.44. The van der Waals surface area contributed by atoms with Gasteiger partial charge in [-0.25, -0.2) is 14.8 Å². The molecule has 2 heterocycles. The number of methoxy groups -OCH3 is 1. The van der Waals surface area contributed by atoms with Gasteiger partial charge in [0.25, 0.3) is 11.6 Å². The molecule has 6 rings (SSSR count). The summed E-state index contributed by atoms with van der Waals surface area (Å²) < 4.78 is 11.1. The minimum absolute atomic E-state index is 0.146. The first-order chi connectivity index (χ1) is 20.8. The predicted octanol–water partition coefficient (Wildman–Crippen LogP) is 5.18. The van der Waals surface area contributed by atoms with E-state index < -0.39 is 40.8 Å². The highest BCUT2D eigenvalue weighted by Gasteiger charge is 2.60. The van der Waals surface area contributed by atoms with Crippen LogP contribution < -0.4 is 19.4 Å². The van der Waals surface area contributed by atoms with Gasteiger partial charge in [0.1, 0.15) is 5.92 Å². The lowest BCUT2D eigenvalue weighted by atomic mass is 9.90. The van der Waals surface area contributed by atoms with Crippen LogP contribution in [0.5, 0.6) is 11.5 Å². The number of nitro groups is 1. The van der Waals surface area contributed by atoms with E-state index in [0.29, 0.717) is 16.8 Å². The molecule has 2 fully saturated rings. The number of carbonyl (C=O) groups excluding carboxylic acids is 3. The molecule has 0 aromatic heterocycles. The van der Waals surface area contributed by atoms with Crippen molar-refractivity contribution in [3.63, 3.8) is 0 Å². The Hall–Kier alpha value is -5.55. The maximum Gasteiger partial charge on any atom is 0.343 e. The topological polar surface area (TPSA) is 129 Å². The van der Waals surface area contributed by atoms with E-state index in [4.69, 9.17) is 14.3 Å². The van der Waals surface area contributed by atoms with Crippen LogP contribution >= 0.6 is 0 Å². The van der Waals surface area contributed by atoms with Crippen molar-refractivity contribution in [3.05, 3.63) is 124 Å². The zero-order valence-corrected chi connectivity index (χ0v) is 23.1. The number of fused-ring (bicyclic) bond motifs is 1. The highest BCUT2D eigenvalue weighted by molar-refractivity contribution is 6.24. The van der Waals surface area contributed by atoms with Crippen LogP contribution in [0, 0.1) is 23.0 Å². The number of non-ortho nitro benzene ring substituents is 1. The Labute approximate surface area is 245 Å². The molecule has 0 unspecified atom stereocenters. The molecule has 2 saturated heterocycles. The van der Waals surface area contributed by atoms with Crippen LogP contribution in [0.25, 0.3) is 0 Å². The van der Waals surface area contributed by atoms with Gasteiger partial charge < -0.3 is 9.47 Å². The number of benzene rings is 4. The number of anilines is 2. The van der Waals surface area contributed by atoms with Crippen molar-refractivity contribution in [1.82, 2.24) is 0 Å². The van der Waals surface area contributed by atoms with Crippen molar-refractivity contribution in [1.29, 1.82) is 0 Å². The first kappa shape index (κ1) is 27.6. The van der Waals surface area contributed by atoms with Gasteiger partial charge >= 0.3 is 5.97 Å². The molecule has 2 aliphatic rings. The number of esters is 1. The third kappa shape index (κ3) is 4.95. The van der Waals surface area contributed by atoms with E-state index in [2.05, 4.69) is 0 Å². The summed E-state index contributed by atoms with van der Waals surface area (Å²) in [6.07, 6.45) is -1.18. The number of imide groups is 1. The molecule has 0 spiro atoms. The molecule has 4 aromatic carbocycles. The standard InChI is InChI=1S/C32H25N3O8/c1-19-11-14-22(15-12-19)33-30(36)27-28(34(43-29(27)31(33)37)23-9-6-10-24(18-23)35(39)40)21-13-16-25(26(17-21)41-2)42-32(38)20-7-4-3-5-8-20/h3-18,27-29H,1-2H3/t27-,28-,29+/m1/s1. The van der Waals surface area contributed by atoms with Crippen LogP contribution in [0.2, 0.25) is 0 Å². The Kier molecular flexibility index (Phi) is 7.08. The molecule has 2 aliphatic heterocycles. The highest BCUT2D eigenvalue weighted by Crippen LogP contribution is 2.49. The molecular formula is C32H25N3O8. The zero-order valence-electron chi connectivity index (χ0n) is 23.1. The fourth-order valence-electron chi connectivity index (χ4n) is 5.35. The highest BCUT2D eigenvalue weighted by atomic mass is 16.7. The van der Waals surface area contributed by atoms with Gasteiger partial charge in [-0.05, 0) is 55.0 Å². The van der Waals surface area contributed by atoms with Gasteiger partial charge in [-0.15, -0.1) is 0 Å². The number of nitrogens with zero attached hydrogens (tertiary/aromatic N) is 3. The monoisotopic (exact) mass is 579 g/mol. The van der Waals surface area contributed by atoms with Gasteiger partial charge in [-0.2, -0.15) is 0 Å². The quantitative estimate of drug-likeness (QED) is 0.0956. The van der Waals surface area contributed by atoms with Crippen LogP contribution in [-0.2, 0) is 14.4 Å². The molecule has 43 heavy (non-hydrogen) atoms. The van der Waals surface area contributed by atoms with Gasteiger partial charge in [0.2, 0.25) is 5.91 Å². The second-order valence-electron chi connectivity index (χ2n) is 10.1. The predicted molar refractivity (Wildman–Crippen MR) is 155 cm³/mol. The lowest BCUT2D eigenvalue weighted by Crippen LogP contribution is -2.37. The number of aryl methyl sites for hydroxylation is 1. The number of ether oxygens (including phenoxy) is 2. The number of carbonyl (C=O) groups is 3. The molecule has 4 aromatic rings. The molecule has 0 N–H and O–H groups in total. The Morgan fingerprint density at radius 1 is 0.860 bits per heavy atom. The second kappa shape index (κ2) is 11.0. The Morgan fingerprint density at radius 3 is 2.30 bits per heavy atom. The van der Waals surface area contributed by atoms with E-state index in [0.717, 1.165) is 10.5 Å². The number of amides is 2. The largest absolute Gasteiger partial charge is 0.493 e. The smallest absolute Gasteiger partial charge is 0.343 e. The summed E-state index contributed by atoms with van der Waals surface area (Å²) in [4.78, 5) is 58.5. The summed E-state index contributed by atoms with van der Waals surface area (Å²) in [6, 6.07) is 25.1. The summed E-state index contributed by atoms with van der Waals surface area (Å²) in [5.74, 6) is -2.24. The van der Waals surface area contributed by atoms with Crippen LogP contribution in [-0.4, -0.2) is 35.9 Å². The van der Waals surface area contributed by atoms with Gasteiger partial charge in [0.15, 0.2) is 17.6 Å². The third-order valence-corrected chi connectivity index (χ3v) is 7.44. The van der Waals surface area contributed by atoms with Gasteiger partial charge in [-0.3, -0.25) is 24.5 Å². The second-order valence-corrected chi connectivity index (χ2v) is 10.1. The van der Waals surface area contributed by atoms with Crippen LogP contribution in [0.4, 0.5) is 17.1 Å². The zero-order chi connectivity index (χ0) is 30.2. The van der Waals surface area contributed by atoms with Crippen LogP contribution in [0.3, 0.4) is 0 Å². The van der Waals surface area contributed by atoms with E-state index in [1.54, 1.807) is 72.8 Å². The number of hydroxylamine groups is 1. The van der Waals surface area contributed by atoms with E-state index in [1.165, 1.54) is 36.4 Å². The average molecular weight is 580 g/mol. The molecule has 216 valence electrons. The molecular weight excluding hydrogens is 554 g/mol. The summed E-state index contributed by atoms with van der Waals surface area (Å²) in [5, 5.41) is 12.9. The van der Waals surface area contributed by atoms with Crippen LogP contribution in [0.1, 0.15) is 27.5 Å². The Bertz CT molecular complexity index is 1740. The molecule has 0 radical (unpaired) electrons. The normalized spacial score (nSPS) is 19.3. The summed E-state index contributed by atoms with van der Waals surface area (Å²) in [7, 11) is 1.41. The minimum atomic E-state index is -1.18. The van der Waals surface area contributed by atoms with Crippen molar-refractivity contribution < 1.29 is 33.6 Å². The van der Waals surface area contributed by atoms with Crippen molar-refractivity contribution in [2.75, 3.05) is 17.1 Å². The number of hydrogen-bond acceptors (Lipinski definition) is 9. The number of nitro benzene ring substituents is 1. The first-order valence-electron chi connectivity index (χ1n) is 13.4. The summed E-state index contributed by atoms with van der Waals surface area (Å²) in [6.45, 7) is 1.90. The van der Waals surface area contributed by atoms with Crippen molar-refractivity contribution in [2.45, 2.75) is 19.1 Å². The van der Waals surface area contributed by atoms with E-state index in [1.807, 2.05) is 6.92 Å². The van der Waals surface area contributed by atoms with Gasteiger partial charge in [0.05, 0.1) is 35.0 Å². The average Bonchev–Trinajstić information content (AvgIpc) is 3.53. The molecule has 0 saturated carbocycles. The Morgan fingerprint density at radius 2 is 1.60 bits per heavy atom. The molecule has 0 bridgehead atoms. The molecule has 11 nitrogen and oxygen atoms in total. The minimum Gasteiger partial charge on any atom is -0.493 e. The van der Waals surface area contributed by atoms with Gasteiger partial charge in [-0.1, -0.05) is 48.0 Å². The molecule has 11 heteroatoms. The van der Waals surface area contributed by atoms with Gasteiger partial charge in [0, 0.05) is 12.1 Å². The SMILES string of the molecule is COc1cc([C@@H]2[C@H]3C(=O)N(c4ccc(C)cc4)C(=O)[C@H]3ON2c2cccc([N+](=O)[O-])c2)ccc1OC(=O)c1ccccc1. The van der Waals surface area contributed by atoms with Crippen molar-refractivity contribution >= 4 is 34.8 Å². The molecule has 3 atom stereocenters. The number of hydrogen-bond donors (Lipinski definition) is 0. The maximum atomic E-state index is 13.9. The van der Waals surface area contributed by atoms with Crippen molar-refractivity contribution in [3.8, 4) is 11.5 Å². The van der Waals surface area contributed by atoms with E-state index in [-0.39, 0.29) is 22.9 Å². The fraction of sp³-hybridized carbons (Fsp3) is 0.156. The summed E-state index contributed by atoms with van der Waals surface area (Å²) in [5.41, 5.74) is 2.34. The Balaban J connectivity index is 1.40. The van der Waals surface area contributed by atoms with E-state index in [9.17, 15) is 24.5 Å². The number of rotatable bonds is 7.